The zero-order chi connectivity index (χ0) is 14.7. The van der Waals surface area contributed by atoms with Gasteiger partial charge in [-0.2, -0.15) is 0 Å². The number of hydrogen-bond donors (Lipinski definition) is 1. The maximum atomic E-state index is 6.24. The zero-order valence-corrected chi connectivity index (χ0v) is 14.3. The summed E-state index contributed by atoms with van der Waals surface area (Å²) in [5.74, 6) is 0. The van der Waals surface area contributed by atoms with Crippen molar-refractivity contribution in [3.63, 3.8) is 0 Å². The van der Waals surface area contributed by atoms with Gasteiger partial charge in [0.05, 0.1) is 11.1 Å². The minimum atomic E-state index is 0.172. The van der Waals surface area contributed by atoms with E-state index < -0.39 is 0 Å². The Morgan fingerprint density at radius 1 is 1.15 bits per heavy atom. The lowest BCUT2D eigenvalue weighted by Crippen LogP contribution is -2.23. The van der Waals surface area contributed by atoms with E-state index >= 15 is 0 Å². The summed E-state index contributed by atoms with van der Waals surface area (Å²) in [5, 5.41) is 4.30. The standard InChI is InChI=1S/C17H19BrClN/c1-4-20-17(13-7-8-15(18)16(19)10-13)14-9-11(2)5-6-12(14)3/h5-10,17,20H,4H2,1-3H3. The van der Waals surface area contributed by atoms with Gasteiger partial charge in [-0.3, -0.25) is 0 Å². The molecule has 0 bridgehead atoms. The quantitative estimate of drug-likeness (QED) is 0.775. The van der Waals surface area contributed by atoms with E-state index in [4.69, 9.17) is 11.6 Å². The lowest BCUT2D eigenvalue weighted by molar-refractivity contribution is 0.627. The molecule has 0 amide bonds. The first-order valence-electron chi connectivity index (χ1n) is 6.78. The van der Waals surface area contributed by atoms with Crippen molar-refractivity contribution in [1.29, 1.82) is 0 Å². The predicted molar refractivity (Wildman–Crippen MR) is 90.6 cm³/mol. The van der Waals surface area contributed by atoms with E-state index in [0.717, 1.165) is 16.0 Å². The molecule has 2 aromatic carbocycles. The monoisotopic (exact) mass is 351 g/mol. The van der Waals surface area contributed by atoms with Gasteiger partial charge in [0, 0.05) is 4.47 Å². The third-order valence-corrected chi connectivity index (χ3v) is 4.66. The summed E-state index contributed by atoms with van der Waals surface area (Å²) in [7, 11) is 0. The van der Waals surface area contributed by atoms with Gasteiger partial charge in [-0.15, -0.1) is 0 Å². The minimum Gasteiger partial charge on any atom is -0.307 e. The first kappa shape index (κ1) is 15.6. The molecule has 20 heavy (non-hydrogen) atoms. The maximum absolute atomic E-state index is 6.24. The third-order valence-electron chi connectivity index (χ3n) is 3.43. The fourth-order valence-corrected chi connectivity index (χ4v) is 2.81. The summed E-state index contributed by atoms with van der Waals surface area (Å²) in [6.07, 6.45) is 0. The first-order valence-corrected chi connectivity index (χ1v) is 7.95. The summed E-state index contributed by atoms with van der Waals surface area (Å²) < 4.78 is 0.930. The van der Waals surface area contributed by atoms with Crippen LogP contribution in [0.2, 0.25) is 5.02 Å². The van der Waals surface area contributed by atoms with E-state index in [1.165, 1.54) is 22.3 Å². The first-order chi connectivity index (χ1) is 9.52. The normalized spacial score (nSPS) is 12.4. The van der Waals surface area contributed by atoms with E-state index in [9.17, 15) is 0 Å². The van der Waals surface area contributed by atoms with Crippen molar-refractivity contribution in [3.8, 4) is 0 Å². The van der Waals surface area contributed by atoms with Gasteiger partial charge in [0.15, 0.2) is 0 Å². The molecule has 2 aromatic rings. The molecule has 1 atom stereocenters. The Bertz CT molecular complexity index is 610. The van der Waals surface area contributed by atoms with E-state index in [1.54, 1.807) is 0 Å². The van der Waals surface area contributed by atoms with E-state index in [0.29, 0.717) is 0 Å². The topological polar surface area (TPSA) is 12.0 Å². The lowest BCUT2D eigenvalue weighted by atomic mass is 9.93. The van der Waals surface area contributed by atoms with E-state index in [1.807, 2.05) is 12.1 Å². The fraction of sp³-hybridized carbons (Fsp3) is 0.294. The van der Waals surface area contributed by atoms with Crippen LogP contribution in [0.5, 0.6) is 0 Å². The van der Waals surface area contributed by atoms with Crippen molar-refractivity contribution in [3.05, 3.63) is 68.1 Å². The highest BCUT2D eigenvalue weighted by atomic mass is 79.9. The van der Waals surface area contributed by atoms with Crippen LogP contribution in [0.1, 0.15) is 35.2 Å². The number of aryl methyl sites for hydroxylation is 2. The zero-order valence-electron chi connectivity index (χ0n) is 12.0. The lowest BCUT2D eigenvalue weighted by Gasteiger charge is -2.22. The SMILES string of the molecule is CCNC(c1ccc(Br)c(Cl)c1)c1cc(C)ccc1C. The molecule has 0 saturated heterocycles. The largest absolute Gasteiger partial charge is 0.307 e. The fourth-order valence-electron chi connectivity index (χ4n) is 2.37. The van der Waals surface area contributed by atoms with Gasteiger partial charge in [0.2, 0.25) is 0 Å². The molecule has 0 heterocycles. The summed E-state index contributed by atoms with van der Waals surface area (Å²) >= 11 is 9.69. The Kier molecular flexibility index (Phi) is 5.25. The smallest absolute Gasteiger partial charge is 0.0579 e. The van der Waals surface area contributed by atoms with Crippen LogP contribution in [0.4, 0.5) is 0 Å². The highest BCUT2D eigenvalue weighted by molar-refractivity contribution is 9.10. The van der Waals surface area contributed by atoms with Crippen LogP contribution in [-0.4, -0.2) is 6.54 Å². The Hall–Kier alpha value is -0.830. The molecule has 0 radical (unpaired) electrons. The Morgan fingerprint density at radius 3 is 2.55 bits per heavy atom. The Morgan fingerprint density at radius 2 is 1.90 bits per heavy atom. The molecule has 106 valence electrons. The Balaban J connectivity index is 2.49. The third kappa shape index (κ3) is 3.43. The summed E-state index contributed by atoms with van der Waals surface area (Å²) in [5.41, 5.74) is 5.07. The molecule has 1 N–H and O–H groups in total. The Labute approximate surface area is 134 Å². The molecule has 0 spiro atoms. The van der Waals surface area contributed by atoms with Crippen LogP contribution >= 0.6 is 27.5 Å². The van der Waals surface area contributed by atoms with Gasteiger partial charge in [0.1, 0.15) is 0 Å². The number of nitrogens with one attached hydrogen (secondary N) is 1. The van der Waals surface area contributed by atoms with Crippen LogP contribution in [0.15, 0.2) is 40.9 Å². The molecular weight excluding hydrogens is 334 g/mol. The van der Waals surface area contributed by atoms with Crippen molar-refractivity contribution in [2.75, 3.05) is 6.54 Å². The molecule has 3 heteroatoms. The van der Waals surface area contributed by atoms with Crippen molar-refractivity contribution >= 4 is 27.5 Å². The molecular formula is C17H19BrClN. The van der Waals surface area contributed by atoms with Crippen LogP contribution in [0, 0.1) is 13.8 Å². The molecule has 0 saturated carbocycles. The minimum absolute atomic E-state index is 0.172. The second-order valence-corrected chi connectivity index (χ2v) is 6.29. The highest BCUT2D eigenvalue weighted by Gasteiger charge is 2.16. The second kappa shape index (κ2) is 6.75. The van der Waals surface area contributed by atoms with Crippen molar-refractivity contribution in [2.24, 2.45) is 0 Å². The second-order valence-electron chi connectivity index (χ2n) is 5.02. The van der Waals surface area contributed by atoms with Gasteiger partial charge < -0.3 is 5.32 Å². The van der Waals surface area contributed by atoms with Crippen LogP contribution < -0.4 is 5.32 Å². The van der Waals surface area contributed by atoms with E-state index in [2.05, 4.69) is 66.3 Å². The predicted octanol–water partition coefficient (Wildman–Crippen LogP) is 5.42. The molecule has 0 aliphatic heterocycles. The molecule has 0 aliphatic carbocycles. The van der Waals surface area contributed by atoms with Gasteiger partial charge >= 0.3 is 0 Å². The van der Waals surface area contributed by atoms with Gasteiger partial charge in [-0.25, -0.2) is 0 Å². The molecule has 0 fully saturated rings. The maximum Gasteiger partial charge on any atom is 0.0579 e. The summed E-state index contributed by atoms with van der Waals surface area (Å²) in [4.78, 5) is 0. The van der Waals surface area contributed by atoms with E-state index in [-0.39, 0.29) is 6.04 Å². The molecule has 0 aliphatic rings. The number of hydrogen-bond acceptors (Lipinski definition) is 1. The molecule has 1 unspecified atom stereocenters. The molecule has 0 aromatic heterocycles. The van der Waals surface area contributed by atoms with Gasteiger partial charge in [-0.1, -0.05) is 48.4 Å². The molecule has 2 rings (SSSR count). The van der Waals surface area contributed by atoms with Crippen LogP contribution in [0.3, 0.4) is 0 Å². The highest BCUT2D eigenvalue weighted by Crippen LogP contribution is 2.30. The number of halogens is 2. The van der Waals surface area contributed by atoms with Crippen LogP contribution in [-0.2, 0) is 0 Å². The van der Waals surface area contributed by atoms with Gasteiger partial charge in [0.25, 0.3) is 0 Å². The summed E-state index contributed by atoms with van der Waals surface area (Å²) in [6, 6.07) is 12.9. The summed E-state index contributed by atoms with van der Waals surface area (Å²) in [6.45, 7) is 7.31. The van der Waals surface area contributed by atoms with Gasteiger partial charge in [-0.05, 0) is 65.1 Å². The number of rotatable bonds is 4. The number of benzene rings is 2. The average Bonchev–Trinajstić information content (AvgIpc) is 2.42. The van der Waals surface area contributed by atoms with Crippen molar-refractivity contribution in [1.82, 2.24) is 5.32 Å². The average molecular weight is 353 g/mol. The van der Waals surface area contributed by atoms with Crippen molar-refractivity contribution in [2.45, 2.75) is 26.8 Å². The van der Waals surface area contributed by atoms with Crippen molar-refractivity contribution < 1.29 is 0 Å². The molecule has 1 nitrogen and oxygen atoms in total. The van der Waals surface area contributed by atoms with Crippen LogP contribution in [0.25, 0.3) is 0 Å².